The topological polar surface area (TPSA) is 35.2 Å². The molecule has 0 saturated carbocycles. The van der Waals surface area contributed by atoms with E-state index in [1.807, 2.05) is 12.1 Å². The summed E-state index contributed by atoms with van der Waals surface area (Å²) in [6.45, 7) is 0.498. The van der Waals surface area contributed by atoms with Gasteiger partial charge >= 0.3 is 0 Å². The Morgan fingerprint density at radius 1 is 1.05 bits per heavy atom. The number of hydrogen-bond acceptors (Lipinski definition) is 2. The lowest BCUT2D eigenvalue weighted by atomic mass is 10.2. The highest BCUT2D eigenvalue weighted by Crippen LogP contribution is 2.23. The van der Waals surface area contributed by atoms with Crippen molar-refractivity contribution in [3.8, 4) is 5.75 Å². The number of rotatable bonds is 4. The maximum Gasteiger partial charge on any atom is 0.159 e. The van der Waals surface area contributed by atoms with Gasteiger partial charge in [0.25, 0.3) is 0 Å². The molecule has 2 aromatic carbocycles. The quantitative estimate of drug-likeness (QED) is 0.927. The van der Waals surface area contributed by atoms with Crippen LogP contribution in [-0.2, 0) is 13.2 Å². The van der Waals surface area contributed by atoms with E-state index in [4.69, 9.17) is 10.5 Å². The van der Waals surface area contributed by atoms with Crippen molar-refractivity contribution in [3.05, 3.63) is 63.6 Å². The minimum atomic E-state index is -0.879. The number of halogens is 3. The summed E-state index contributed by atoms with van der Waals surface area (Å²) in [5, 5.41) is 0. The summed E-state index contributed by atoms with van der Waals surface area (Å²) in [6, 6.07) is 9.17. The molecule has 2 rings (SSSR count). The number of ether oxygens (including phenoxy) is 1. The van der Waals surface area contributed by atoms with E-state index in [0.29, 0.717) is 17.9 Å². The van der Waals surface area contributed by atoms with Gasteiger partial charge in [-0.15, -0.1) is 0 Å². The van der Waals surface area contributed by atoms with Gasteiger partial charge < -0.3 is 10.5 Å². The Kier molecular flexibility index (Phi) is 4.50. The Morgan fingerprint density at radius 2 is 1.84 bits per heavy atom. The molecule has 2 aromatic rings. The van der Waals surface area contributed by atoms with Crippen LogP contribution < -0.4 is 10.5 Å². The molecule has 0 amide bonds. The van der Waals surface area contributed by atoms with Crippen LogP contribution in [0.5, 0.6) is 5.75 Å². The van der Waals surface area contributed by atoms with E-state index in [2.05, 4.69) is 15.9 Å². The molecule has 0 radical (unpaired) electrons. The average molecular weight is 328 g/mol. The van der Waals surface area contributed by atoms with Crippen molar-refractivity contribution in [2.75, 3.05) is 0 Å². The zero-order valence-corrected chi connectivity index (χ0v) is 11.6. The van der Waals surface area contributed by atoms with Crippen LogP contribution in [0.2, 0.25) is 0 Å². The monoisotopic (exact) mass is 327 g/mol. The van der Waals surface area contributed by atoms with E-state index >= 15 is 0 Å². The third-order valence-corrected chi connectivity index (χ3v) is 3.11. The van der Waals surface area contributed by atoms with E-state index in [-0.39, 0.29) is 6.61 Å². The fourth-order valence-electron chi connectivity index (χ4n) is 1.64. The van der Waals surface area contributed by atoms with Crippen molar-refractivity contribution in [2.24, 2.45) is 5.73 Å². The highest BCUT2D eigenvalue weighted by molar-refractivity contribution is 9.10. The van der Waals surface area contributed by atoms with Gasteiger partial charge in [0.2, 0.25) is 0 Å². The van der Waals surface area contributed by atoms with E-state index in [1.165, 1.54) is 6.07 Å². The lowest BCUT2D eigenvalue weighted by Gasteiger charge is -2.11. The molecule has 0 saturated heterocycles. The molecule has 2 N–H and O–H groups in total. The highest BCUT2D eigenvalue weighted by atomic mass is 79.9. The smallest absolute Gasteiger partial charge is 0.159 e. The van der Waals surface area contributed by atoms with Gasteiger partial charge in [-0.1, -0.05) is 22.0 Å². The summed E-state index contributed by atoms with van der Waals surface area (Å²) >= 11 is 3.35. The van der Waals surface area contributed by atoms with Gasteiger partial charge in [0.15, 0.2) is 11.6 Å². The van der Waals surface area contributed by atoms with Crippen molar-refractivity contribution >= 4 is 15.9 Å². The van der Waals surface area contributed by atoms with Gasteiger partial charge in [-0.05, 0) is 35.9 Å². The fourth-order valence-corrected chi connectivity index (χ4v) is 2.05. The number of benzene rings is 2. The van der Waals surface area contributed by atoms with Crippen molar-refractivity contribution < 1.29 is 13.5 Å². The van der Waals surface area contributed by atoms with E-state index < -0.39 is 11.6 Å². The first-order chi connectivity index (χ1) is 9.10. The van der Waals surface area contributed by atoms with Gasteiger partial charge in [-0.3, -0.25) is 0 Å². The van der Waals surface area contributed by atoms with Crippen LogP contribution in [0.1, 0.15) is 11.1 Å². The first kappa shape index (κ1) is 14.0. The third-order valence-electron chi connectivity index (χ3n) is 2.62. The Morgan fingerprint density at radius 3 is 2.53 bits per heavy atom. The number of hydrogen-bond donors (Lipinski definition) is 1. The van der Waals surface area contributed by atoms with Gasteiger partial charge in [0.1, 0.15) is 12.4 Å². The zero-order chi connectivity index (χ0) is 13.8. The summed E-state index contributed by atoms with van der Waals surface area (Å²) in [4.78, 5) is 0. The SMILES string of the molecule is NCc1cc(Br)ccc1OCc1ccc(F)c(F)c1. The van der Waals surface area contributed by atoms with Gasteiger partial charge in [0.05, 0.1) is 0 Å². The van der Waals surface area contributed by atoms with Crippen LogP contribution in [0.3, 0.4) is 0 Å². The van der Waals surface area contributed by atoms with Crippen LogP contribution >= 0.6 is 15.9 Å². The van der Waals surface area contributed by atoms with E-state index in [0.717, 1.165) is 22.2 Å². The molecule has 0 spiro atoms. The van der Waals surface area contributed by atoms with Gasteiger partial charge in [0, 0.05) is 16.6 Å². The van der Waals surface area contributed by atoms with Crippen molar-refractivity contribution in [1.29, 1.82) is 0 Å². The van der Waals surface area contributed by atoms with Crippen molar-refractivity contribution in [3.63, 3.8) is 0 Å². The highest BCUT2D eigenvalue weighted by Gasteiger charge is 2.06. The maximum atomic E-state index is 13.0. The standard InChI is InChI=1S/C14H12BrF2NO/c15-11-2-4-14(10(6-11)7-18)19-8-9-1-3-12(16)13(17)5-9/h1-6H,7-8,18H2. The minimum Gasteiger partial charge on any atom is -0.489 e. The molecule has 0 aromatic heterocycles. The molecule has 0 aliphatic carbocycles. The first-order valence-electron chi connectivity index (χ1n) is 5.65. The second-order valence-corrected chi connectivity index (χ2v) is 4.91. The number of nitrogens with two attached hydrogens (primary N) is 1. The molecule has 0 atom stereocenters. The fraction of sp³-hybridized carbons (Fsp3) is 0.143. The molecule has 100 valence electrons. The molecular formula is C14H12BrF2NO. The molecule has 0 bridgehead atoms. The molecule has 5 heteroatoms. The average Bonchev–Trinajstić information content (AvgIpc) is 2.41. The second kappa shape index (κ2) is 6.12. The maximum absolute atomic E-state index is 13.0. The first-order valence-corrected chi connectivity index (χ1v) is 6.44. The zero-order valence-electron chi connectivity index (χ0n) is 10.00. The van der Waals surface area contributed by atoms with Crippen LogP contribution in [0.15, 0.2) is 40.9 Å². The minimum absolute atomic E-state index is 0.159. The van der Waals surface area contributed by atoms with Crippen LogP contribution in [-0.4, -0.2) is 0 Å². The molecule has 0 aliphatic rings. The Hall–Kier alpha value is -1.46. The molecule has 0 fully saturated rings. The molecular weight excluding hydrogens is 316 g/mol. The van der Waals surface area contributed by atoms with Crippen LogP contribution in [0.4, 0.5) is 8.78 Å². The summed E-state index contributed by atoms with van der Waals surface area (Å²) in [5.74, 6) is -1.11. The summed E-state index contributed by atoms with van der Waals surface area (Å²) in [6.07, 6.45) is 0. The predicted octanol–water partition coefficient (Wildman–Crippen LogP) is 3.77. The Balaban J connectivity index is 2.12. The second-order valence-electron chi connectivity index (χ2n) is 3.99. The summed E-state index contributed by atoms with van der Waals surface area (Å²) in [7, 11) is 0. The van der Waals surface area contributed by atoms with Crippen molar-refractivity contribution in [2.45, 2.75) is 13.2 Å². The summed E-state index contributed by atoms with van der Waals surface area (Å²) in [5.41, 5.74) is 7.03. The van der Waals surface area contributed by atoms with E-state index in [9.17, 15) is 8.78 Å². The molecule has 0 aliphatic heterocycles. The molecule has 0 heterocycles. The van der Waals surface area contributed by atoms with E-state index in [1.54, 1.807) is 6.07 Å². The largest absolute Gasteiger partial charge is 0.489 e. The Labute approximate surface area is 118 Å². The van der Waals surface area contributed by atoms with Crippen LogP contribution in [0, 0.1) is 11.6 Å². The molecule has 0 unspecified atom stereocenters. The van der Waals surface area contributed by atoms with Gasteiger partial charge in [-0.25, -0.2) is 8.78 Å². The molecule has 19 heavy (non-hydrogen) atoms. The Bertz CT molecular complexity index is 590. The lowest BCUT2D eigenvalue weighted by molar-refractivity contribution is 0.302. The summed E-state index contributed by atoms with van der Waals surface area (Å²) < 4.78 is 32.3. The third kappa shape index (κ3) is 3.52. The predicted molar refractivity (Wildman–Crippen MR) is 72.7 cm³/mol. The molecule has 2 nitrogen and oxygen atoms in total. The lowest BCUT2D eigenvalue weighted by Crippen LogP contribution is -2.03. The van der Waals surface area contributed by atoms with Gasteiger partial charge in [-0.2, -0.15) is 0 Å². The van der Waals surface area contributed by atoms with Crippen molar-refractivity contribution in [1.82, 2.24) is 0 Å². The normalized spacial score (nSPS) is 10.5. The van der Waals surface area contributed by atoms with Crippen LogP contribution in [0.25, 0.3) is 0 Å².